The molecule has 3 aromatic rings. The van der Waals surface area contributed by atoms with E-state index in [0.29, 0.717) is 41.8 Å². The van der Waals surface area contributed by atoms with Crippen molar-refractivity contribution in [1.29, 1.82) is 0 Å². The minimum Gasteiger partial charge on any atom is -0.386 e. The van der Waals surface area contributed by atoms with Gasteiger partial charge in [-0.2, -0.15) is 5.10 Å². The molecule has 4 rings (SSSR count). The summed E-state index contributed by atoms with van der Waals surface area (Å²) in [6.07, 6.45) is 6.14. The number of para-hydroxylation sites is 1. The van der Waals surface area contributed by atoms with Crippen LogP contribution in [0.2, 0.25) is 0 Å². The van der Waals surface area contributed by atoms with Crippen LogP contribution in [-0.2, 0) is 4.74 Å². The van der Waals surface area contributed by atoms with Crippen molar-refractivity contribution in [2.75, 3.05) is 18.5 Å². The Bertz CT molecular complexity index is 1190. The molecule has 8 nitrogen and oxygen atoms in total. The Labute approximate surface area is 180 Å². The molecule has 0 radical (unpaired) electrons. The predicted octanol–water partition coefficient (Wildman–Crippen LogP) is 2.91. The van der Waals surface area contributed by atoms with Gasteiger partial charge < -0.3 is 26.1 Å². The zero-order valence-corrected chi connectivity index (χ0v) is 17.8. The molecule has 0 aliphatic carbocycles. The molecule has 0 amide bonds. The summed E-state index contributed by atoms with van der Waals surface area (Å²) in [5.41, 5.74) is 10.3. The monoisotopic (exact) mass is 420 g/mol. The lowest BCUT2D eigenvalue weighted by Crippen LogP contribution is -2.42. The van der Waals surface area contributed by atoms with Crippen molar-refractivity contribution in [2.24, 2.45) is 11.7 Å². The number of fused-ring (bicyclic) bond motifs is 1. The molecular weight excluding hydrogens is 392 g/mol. The molecule has 2 aromatic heterocycles. The summed E-state index contributed by atoms with van der Waals surface area (Å²) >= 11 is 0. The summed E-state index contributed by atoms with van der Waals surface area (Å²) in [5.74, 6) is 0.820. The summed E-state index contributed by atoms with van der Waals surface area (Å²) in [5, 5.41) is 14.2. The largest absolute Gasteiger partial charge is 0.386 e. The van der Waals surface area contributed by atoms with E-state index in [0.717, 1.165) is 28.6 Å². The van der Waals surface area contributed by atoms with Crippen molar-refractivity contribution < 1.29 is 4.74 Å². The molecule has 162 valence electrons. The fourth-order valence-corrected chi connectivity index (χ4v) is 3.97. The first-order chi connectivity index (χ1) is 14.9. The maximum Gasteiger partial charge on any atom is 0.274 e. The van der Waals surface area contributed by atoms with E-state index in [4.69, 9.17) is 10.5 Å². The second kappa shape index (κ2) is 8.69. The van der Waals surface area contributed by atoms with E-state index in [2.05, 4.69) is 39.3 Å². The Hall–Kier alpha value is -3.52. The van der Waals surface area contributed by atoms with E-state index in [1.54, 1.807) is 12.3 Å². The van der Waals surface area contributed by atoms with E-state index in [-0.39, 0.29) is 11.6 Å². The number of aromatic amines is 2. The molecule has 1 aliphatic rings. The van der Waals surface area contributed by atoms with E-state index in [1.807, 2.05) is 31.3 Å². The first-order valence-corrected chi connectivity index (χ1v) is 10.4. The van der Waals surface area contributed by atoms with Crippen LogP contribution in [0.3, 0.4) is 0 Å². The van der Waals surface area contributed by atoms with Gasteiger partial charge in [-0.25, -0.2) is 5.10 Å². The highest BCUT2D eigenvalue weighted by molar-refractivity contribution is 5.96. The van der Waals surface area contributed by atoms with Gasteiger partial charge in [-0.15, -0.1) is 0 Å². The lowest BCUT2D eigenvalue weighted by Gasteiger charge is -2.30. The van der Waals surface area contributed by atoms with Gasteiger partial charge in [-0.05, 0) is 37.0 Å². The van der Waals surface area contributed by atoms with E-state index >= 15 is 0 Å². The Morgan fingerprint density at radius 1 is 1.42 bits per heavy atom. The molecule has 2 unspecified atom stereocenters. The average molecular weight is 421 g/mol. The summed E-state index contributed by atoms with van der Waals surface area (Å²) in [4.78, 5) is 15.9. The number of aryl methyl sites for hydroxylation is 1. The quantitative estimate of drug-likeness (QED) is 0.418. The van der Waals surface area contributed by atoms with Crippen LogP contribution in [0, 0.1) is 12.8 Å². The Kier molecular flexibility index (Phi) is 5.81. The summed E-state index contributed by atoms with van der Waals surface area (Å²) in [7, 11) is 0. The number of H-pyrrole nitrogens is 2. The van der Waals surface area contributed by atoms with Crippen molar-refractivity contribution in [2.45, 2.75) is 26.3 Å². The van der Waals surface area contributed by atoms with Crippen LogP contribution >= 0.6 is 0 Å². The molecule has 8 heteroatoms. The number of nitrogens with one attached hydrogen (secondary N) is 4. The predicted molar refractivity (Wildman–Crippen MR) is 124 cm³/mol. The lowest BCUT2D eigenvalue weighted by molar-refractivity contribution is 0.0417. The molecular formula is C23H28N6O2. The number of nitrogens with zero attached hydrogens (tertiary/aromatic N) is 1. The second-order valence-corrected chi connectivity index (χ2v) is 8.02. The average Bonchev–Trinajstić information content (AvgIpc) is 3.12. The standard InChI is InChI=1S/C23H28N6O2/c1-13-10-25-22-17(13)5-4-6-19(22)27-15(3)21-16(11-26-29-23(21)30)9-20(24)28-18-7-8-31-12-14(18)2/h4-6,9-11,14,18,25,27-28H,3,7-8,12,24H2,1-2H3,(H,29,30)/b20-9+. The van der Waals surface area contributed by atoms with Crippen LogP contribution in [0.4, 0.5) is 5.69 Å². The van der Waals surface area contributed by atoms with Crippen LogP contribution in [0.1, 0.15) is 30.0 Å². The van der Waals surface area contributed by atoms with Gasteiger partial charge in [0, 0.05) is 35.5 Å². The summed E-state index contributed by atoms with van der Waals surface area (Å²) in [6.45, 7) is 9.69. The van der Waals surface area contributed by atoms with Crippen molar-refractivity contribution in [3.8, 4) is 0 Å². The van der Waals surface area contributed by atoms with Crippen LogP contribution < -0.4 is 21.9 Å². The number of nitrogens with two attached hydrogens (primary N) is 1. The molecule has 2 atom stereocenters. The smallest absolute Gasteiger partial charge is 0.274 e. The van der Waals surface area contributed by atoms with Crippen LogP contribution in [-0.4, -0.2) is 34.4 Å². The summed E-state index contributed by atoms with van der Waals surface area (Å²) < 4.78 is 5.49. The van der Waals surface area contributed by atoms with Gasteiger partial charge in [-0.3, -0.25) is 4.79 Å². The van der Waals surface area contributed by atoms with Gasteiger partial charge >= 0.3 is 0 Å². The zero-order chi connectivity index (χ0) is 22.0. The minimum absolute atomic E-state index is 0.221. The normalized spacial score (nSPS) is 19.4. The third-order valence-corrected chi connectivity index (χ3v) is 5.70. The number of benzene rings is 1. The van der Waals surface area contributed by atoms with Gasteiger partial charge in [0.25, 0.3) is 5.56 Å². The van der Waals surface area contributed by atoms with Gasteiger partial charge in [-0.1, -0.05) is 25.6 Å². The number of hydrogen-bond donors (Lipinski definition) is 5. The SMILES string of the molecule is C=C(Nc1cccc2c(C)c[nH]c12)c1c(/C=C(\N)NC2CCOCC2C)cn[nH]c1=O. The van der Waals surface area contributed by atoms with E-state index in [1.165, 1.54) is 0 Å². The third-order valence-electron chi connectivity index (χ3n) is 5.70. The van der Waals surface area contributed by atoms with Crippen LogP contribution in [0.5, 0.6) is 0 Å². The zero-order valence-electron chi connectivity index (χ0n) is 17.8. The third kappa shape index (κ3) is 4.34. The Balaban J connectivity index is 1.61. The maximum absolute atomic E-state index is 12.6. The molecule has 1 saturated heterocycles. The molecule has 0 bridgehead atoms. The molecule has 0 saturated carbocycles. The van der Waals surface area contributed by atoms with Crippen molar-refractivity contribution in [3.63, 3.8) is 0 Å². The molecule has 31 heavy (non-hydrogen) atoms. The Morgan fingerprint density at radius 2 is 2.26 bits per heavy atom. The minimum atomic E-state index is -0.340. The molecule has 1 fully saturated rings. The van der Waals surface area contributed by atoms with Crippen molar-refractivity contribution in [1.82, 2.24) is 20.5 Å². The fraction of sp³-hybridized carbons (Fsp3) is 0.304. The van der Waals surface area contributed by atoms with E-state index in [9.17, 15) is 4.79 Å². The number of anilines is 1. The topological polar surface area (TPSA) is 121 Å². The van der Waals surface area contributed by atoms with Gasteiger partial charge in [0.2, 0.25) is 0 Å². The van der Waals surface area contributed by atoms with Crippen LogP contribution in [0.25, 0.3) is 22.7 Å². The molecule has 3 heterocycles. The number of rotatable bonds is 6. The highest BCUT2D eigenvalue weighted by atomic mass is 16.5. The molecule has 0 spiro atoms. The first-order valence-electron chi connectivity index (χ1n) is 10.4. The lowest BCUT2D eigenvalue weighted by atomic mass is 9.98. The number of aromatic nitrogens is 3. The maximum atomic E-state index is 12.6. The molecule has 1 aliphatic heterocycles. The van der Waals surface area contributed by atoms with Gasteiger partial charge in [0.05, 0.1) is 35.4 Å². The molecule has 1 aromatic carbocycles. The van der Waals surface area contributed by atoms with Crippen molar-refractivity contribution in [3.05, 3.63) is 70.0 Å². The van der Waals surface area contributed by atoms with Crippen molar-refractivity contribution >= 4 is 28.4 Å². The molecule has 6 N–H and O–H groups in total. The number of ether oxygens (including phenoxy) is 1. The summed E-state index contributed by atoms with van der Waals surface area (Å²) in [6, 6.07) is 6.18. The second-order valence-electron chi connectivity index (χ2n) is 8.02. The van der Waals surface area contributed by atoms with E-state index < -0.39 is 0 Å². The van der Waals surface area contributed by atoms with Gasteiger partial charge in [0.1, 0.15) is 0 Å². The highest BCUT2D eigenvalue weighted by Crippen LogP contribution is 2.27. The van der Waals surface area contributed by atoms with Gasteiger partial charge in [0.15, 0.2) is 0 Å². The number of hydrogen-bond acceptors (Lipinski definition) is 6. The fourth-order valence-electron chi connectivity index (χ4n) is 3.97. The van der Waals surface area contributed by atoms with Crippen LogP contribution in [0.15, 0.2) is 47.8 Å². The Morgan fingerprint density at radius 3 is 3.06 bits per heavy atom. The highest BCUT2D eigenvalue weighted by Gasteiger charge is 2.22. The first kappa shape index (κ1) is 20.7.